The molecular formula is C15H15BN2O2S. The molecule has 2 radical (unpaired) electrons. The Bertz CT molecular complexity index is 765. The maximum atomic E-state index is 9.52. The molecule has 0 aromatic carbocycles. The van der Waals surface area contributed by atoms with Crippen molar-refractivity contribution in [1.29, 1.82) is 5.26 Å². The van der Waals surface area contributed by atoms with Gasteiger partial charge in [0.05, 0.1) is 10.6 Å². The van der Waals surface area contributed by atoms with E-state index in [1.54, 1.807) is 11.3 Å². The Balaban J connectivity index is 2.73. The standard InChI is InChI=1S/C15H15BN2O2S/c1-7-8(2)15(21-11(7)5)14(19-16)12(6-17)13-9(3)10(4)18-20-13/h1-5H3. The molecule has 106 valence electrons. The normalized spacial score (nSPS) is 12.0. The highest BCUT2D eigenvalue weighted by molar-refractivity contribution is 7.13. The monoisotopic (exact) mass is 298 g/mol. The second-order valence-electron chi connectivity index (χ2n) is 4.89. The fraction of sp³-hybridized carbons (Fsp3) is 0.333. The van der Waals surface area contributed by atoms with Crippen LogP contribution in [-0.4, -0.2) is 13.2 Å². The first-order valence-electron chi connectivity index (χ1n) is 6.43. The van der Waals surface area contributed by atoms with Crippen molar-refractivity contribution in [2.75, 3.05) is 0 Å². The lowest BCUT2D eigenvalue weighted by atomic mass is 10.0. The van der Waals surface area contributed by atoms with Crippen molar-refractivity contribution in [2.24, 2.45) is 0 Å². The van der Waals surface area contributed by atoms with E-state index in [0.29, 0.717) is 11.5 Å². The van der Waals surface area contributed by atoms with Gasteiger partial charge < -0.3 is 9.18 Å². The Labute approximate surface area is 129 Å². The van der Waals surface area contributed by atoms with Gasteiger partial charge in [-0.3, -0.25) is 0 Å². The van der Waals surface area contributed by atoms with Crippen LogP contribution in [0.25, 0.3) is 11.3 Å². The summed E-state index contributed by atoms with van der Waals surface area (Å²) < 4.78 is 10.3. The quantitative estimate of drug-likeness (QED) is 0.491. The van der Waals surface area contributed by atoms with Gasteiger partial charge in [0, 0.05) is 10.4 Å². The highest BCUT2D eigenvalue weighted by Gasteiger charge is 2.22. The van der Waals surface area contributed by atoms with Crippen LogP contribution in [-0.2, 0) is 4.65 Å². The summed E-state index contributed by atoms with van der Waals surface area (Å²) in [6, 6.07) is 2.13. The molecule has 0 aliphatic carbocycles. The number of nitriles is 1. The van der Waals surface area contributed by atoms with Gasteiger partial charge in [-0.05, 0) is 45.7 Å². The zero-order valence-corrected chi connectivity index (χ0v) is 13.5. The Morgan fingerprint density at radius 1 is 1.19 bits per heavy atom. The lowest BCUT2D eigenvalue weighted by Gasteiger charge is -2.08. The first kappa shape index (κ1) is 15.4. The number of allylic oxidation sites excluding steroid dienone is 1. The summed E-state index contributed by atoms with van der Waals surface area (Å²) in [5, 5.41) is 13.4. The Morgan fingerprint density at radius 3 is 2.24 bits per heavy atom. The fourth-order valence-corrected chi connectivity index (χ4v) is 3.20. The fourth-order valence-electron chi connectivity index (χ4n) is 2.04. The molecule has 0 spiro atoms. The zero-order chi connectivity index (χ0) is 15.7. The molecule has 0 bridgehead atoms. The van der Waals surface area contributed by atoms with Gasteiger partial charge in [0.15, 0.2) is 5.76 Å². The Morgan fingerprint density at radius 2 is 1.86 bits per heavy atom. The van der Waals surface area contributed by atoms with Crippen LogP contribution in [0.5, 0.6) is 0 Å². The molecule has 2 heterocycles. The predicted octanol–water partition coefficient (Wildman–Crippen LogP) is 3.77. The molecule has 0 N–H and O–H groups in total. The summed E-state index contributed by atoms with van der Waals surface area (Å²) in [4.78, 5) is 2.01. The minimum Gasteiger partial charge on any atom is -0.566 e. The van der Waals surface area contributed by atoms with Gasteiger partial charge in [-0.1, -0.05) is 5.16 Å². The molecule has 0 aliphatic rings. The summed E-state index contributed by atoms with van der Waals surface area (Å²) in [5.74, 6) is 0.731. The highest BCUT2D eigenvalue weighted by atomic mass is 32.1. The van der Waals surface area contributed by atoms with Gasteiger partial charge in [-0.2, -0.15) is 5.26 Å². The highest BCUT2D eigenvalue weighted by Crippen LogP contribution is 2.37. The zero-order valence-electron chi connectivity index (χ0n) is 12.7. The van der Waals surface area contributed by atoms with Gasteiger partial charge in [0.2, 0.25) is 0 Å². The summed E-state index contributed by atoms with van der Waals surface area (Å²) in [5.41, 5.74) is 4.04. The van der Waals surface area contributed by atoms with Crippen LogP contribution in [0.4, 0.5) is 0 Å². The molecule has 2 aromatic rings. The summed E-state index contributed by atoms with van der Waals surface area (Å²) >= 11 is 1.55. The van der Waals surface area contributed by atoms with Crippen LogP contribution in [0, 0.1) is 45.9 Å². The van der Waals surface area contributed by atoms with Crippen molar-refractivity contribution in [3.05, 3.63) is 37.9 Å². The lowest BCUT2D eigenvalue weighted by Crippen LogP contribution is -1.95. The van der Waals surface area contributed by atoms with Crippen molar-refractivity contribution >= 4 is 30.7 Å². The molecule has 21 heavy (non-hydrogen) atoms. The molecule has 0 fully saturated rings. The van der Waals surface area contributed by atoms with Crippen LogP contribution < -0.4 is 0 Å². The molecule has 4 nitrogen and oxygen atoms in total. The first-order chi connectivity index (χ1) is 9.92. The van der Waals surface area contributed by atoms with Crippen molar-refractivity contribution in [1.82, 2.24) is 5.16 Å². The van der Waals surface area contributed by atoms with E-state index < -0.39 is 0 Å². The van der Waals surface area contributed by atoms with Gasteiger partial charge in [-0.25, -0.2) is 0 Å². The van der Waals surface area contributed by atoms with E-state index >= 15 is 0 Å². The third-order valence-corrected chi connectivity index (χ3v) is 5.04. The minimum absolute atomic E-state index is 0.264. The average molecular weight is 298 g/mol. The number of hydrogen-bond donors (Lipinski definition) is 0. The summed E-state index contributed by atoms with van der Waals surface area (Å²) in [6.45, 7) is 9.73. The average Bonchev–Trinajstić information content (AvgIpc) is 2.92. The summed E-state index contributed by atoms with van der Waals surface area (Å²) in [6.07, 6.45) is 0. The van der Waals surface area contributed by atoms with Gasteiger partial charge in [0.1, 0.15) is 17.4 Å². The molecule has 2 rings (SSSR count). The van der Waals surface area contributed by atoms with Crippen LogP contribution in [0.15, 0.2) is 4.52 Å². The number of aryl methyl sites for hydroxylation is 2. The van der Waals surface area contributed by atoms with Crippen molar-refractivity contribution in [3.8, 4) is 6.07 Å². The number of thiophene rings is 1. The van der Waals surface area contributed by atoms with Crippen molar-refractivity contribution < 1.29 is 9.18 Å². The second kappa shape index (κ2) is 5.78. The van der Waals surface area contributed by atoms with Crippen LogP contribution in [0.1, 0.15) is 37.9 Å². The van der Waals surface area contributed by atoms with Crippen molar-refractivity contribution in [3.63, 3.8) is 0 Å². The van der Waals surface area contributed by atoms with Crippen LogP contribution in [0.3, 0.4) is 0 Å². The maximum Gasteiger partial charge on any atom is 0.374 e. The summed E-state index contributed by atoms with van der Waals surface area (Å²) in [7, 11) is 5.44. The minimum atomic E-state index is 0.264. The Hall–Kier alpha value is -2.00. The van der Waals surface area contributed by atoms with Crippen LogP contribution in [0.2, 0.25) is 0 Å². The van der Waals surface area contributed by atoms with E-state index in [2.05, 4.69) is 11.2 Å². The van der Waals surface area contributed by atoms with E-state index in [0.717, 1.165) is 21.7 Å². The molecule has 2 aromatic heterocycles. The Kier molecular flexibility index (Phi) is 4.24. The number of rotatable bonds is 3. The first-order valence-corrected chi connectivity index (χ1v) is 7.25. The molecule has 0 atom stereocenters. The molecule has 0 saturated heterocycles. The number of hydrogen-bond acceptors (Lipinski definition) is 5. The molecule has 0 aliphatic heterocycles. The van der Waals surface area contributed by atoms with Crippen LogP contribution >= 0.6 is 11.3 Å². The molecular weight excluding hydrogens is 283 g/mol. The third-order valence-electron chi connectivity index (χ3n) is 3.73. The second-order valence-corrected chi connectivity index (χ2v) is 6.12. The smallest absolute Gasteiger partial charge is 0.374 e. The lowest BCUT2D eigenvalue weighted by molar-refractivity contribution is 0.405. The van der Waals surface area contributed by atoms with E-state index in [1.807, 2.05) is 34.6 Å². The molecule has 0 saturated carbocycles. The predicted molar refractivity (Wildman–Crippen MR) is 83.8 cm³/mol. The van der Waals surface area contributed by atoms with E-state index in [9.17, 15) is 5.26 Å². The van der Waals surface area contributed by atoms with Gasteiger partial charge in [-0.15, -0.1) is 11.3 Å². The third kappa shape index (κ3) is 2.49. The van der Waals surface area contributed by atoms with E-state index in [4.69, 9.17) is 17.2 Å². The topological polar surface area (TPSA) is 59.0 Å². The number of nitrogens with zero attached hydrogens (tertiary/aromatic N) is 2. The molecule has 0 unspecified atom stereocenters. The van der Waals surface area contributed by atoms with E-state index in [1.165, 1.54) is 10.4 Å². The molecule has 6 heteroatoms. The van der Waals surface area contributed by atoms with Gasteiger partial charge in [0.25, 0.3) is 0 Å². The molecule has 0 amide bonds. The SMILES string of the molecule is [B]OC(=C(C#N)c1onc(C)c1C)c1sc(C)c(C)c1C. The number of aromatic nitrogens is 1. The largest absolute Gasteiger partial charge is 0.566 e. The van der Waals surface area contributed by atoms with Gasteiger partial charge >= 0.3 is 8.05 Å². The maximum absolute atomic E-state index is 9.52. The van der Waals surface area contributed by atoms with Crippen molar-refractivity contribution in [2.45, 2.75) is 34.6 Å². The van der Waals surface area contributed by atoms with E-state index in [-0.39, 0.29) is 5.57 Å².